The molecule has 4 heteroatoms. The zero-order valence-corrected chi connectivity index (χ0v) is 9.78. The van der Waals surface area contributed by atoms with Gasteiger partial charge >= 0.3 is 6.09 Å². The summed E-state index contributed by atoms with van der Waals surface area (Å²) in [5.74, 6) is -0.00828. The van der Waals surface area contributed by atoms with Crippen molar-refractivity contribution in [3.63, 3.8) is 0 Å². The third kappa shape index (κ3) is 2.42. The van der Waals surface area contributed by atoms with Crippen LogP contribution >= 0.6 is 0 Å². The van der Waals surface area contributed by atoms with Gasteiger partial charge in [0.2, 0.25) is 0 Å². The summed E-state index contributed by atoms with van der Waals surface area (Å²) < 4.78 is 0. The van der Waals surface area contributed by atoms with Gasteiger partial charge in [0.25, 0.3) is 0 Å². The molecule has 3 atom stereocenters. The summed E-state index contributed by atoms with van der Waals surface area (Å²) in [5.41, 5.74) is 0.945. The van der Waals surface area contributed by atoms with Gasteiger partial charge in [-0.05, 0) is 17.9 Å². The van der Waals surface area contributed by atoms with Crippen LogP contribution < -0.4 is 0 Å². The average Bonchev–Trinajstić information content (AvgIpc) is 2.33. The lowest BCUT2D eigenvalue weighted by molar-refractivity contribution is 0.00554. The average molecular weight is 235 g/mol. The van der Waals surface area contributed by atoms with E-state index in [2.05, 4.69) is 0 Å². The third-order valence-electron chi connectivity index (χ3n) is 3.41. The minimum atomic E-state index is -0.919. The second kappa shape index (κ2) is 4.75. The van der Waals surface area contributed by atoms with Crippen LogP contribution in [0.15, 0.2) is 30.3 Å². The smallest absolute Gasteiger partial charge is 0.407 e. The molecular formula is C13H17NO3. The molecule has 1 aliphatic heterocycles. The van der Waals surface area contributed by atoms with Crippen LogP contribution in [-0.2, 0) is 0 Å². The molecule has 1 amide bonds. The molecule has 0 radical (unpaired) electrons. The van der Waals surface area contributed by atoms with Gasteiger partial charge in [-0.15, -0.1) is 0 Å². The summed E-state index contributed by atoms with van der Waals surface area (Å²) in [7, 11) is 0. The van der Waals surface area contributed by atoms with Crippen molar-refractivity contribution in [1.82, 2.24) is 4.90 Å². The standard InChI is InChI=1S/C13H17NO3/c1-9-8-14(13(16)17)11(7-12(9)15)10-5-3-2-4-6-10/h2-6,9,11-12,15H,7-8H2,1H3,(H,16,17)/t9?,11-,12?/m1/s1. The second-order valence-corrected chi connectivity index (χ2v) is 4.64. The van der Waals surface area contributed by atoms with Crippen LogP contribution in [0.1, 0.15) is 24.9 Å². The molecule has 1 fully saturated rings. The van der Waals surface area contributed by atoms with E-state index >= 15 is 0 Å². The molecule has 0 saturated carbocycles. The molecular weight excluding hydrogens is 218 g/mol. The maximum atomic E-state index is 11.2. The van der Waals surface area contributed by atoms with Crippen LogP contribution in [0.25, 0.3) is 0 Å². The Morgan fingerprint density at radius 2 is 2.00 bits per heavy atom. The van der Waals surface area contributed by atoms with E-state index in [0.29, 0.717) is 13.0 Å². The Morgan fingerprint density at radius 3 is 2.59 bits per heavy atom. The van der Waals surface area contributed by atoms with Gasteiger partial charge in [-0.1, -0.05) is 37.3 Å². The number of piperidine rings is 1. The van der Waals surface area contributed by atoms with Crippen LogP contribution in [0.2, 0.25) is 0 Å². The van der Waals surface area contributed by atoms with E-state index in [-0.39, 0.29) is 12.0 Å². The van der Waals surface area contributed by atoms with Gasteiger partial charge in [-0.3, -0.25) is 0 Å². The number of benzene rings is 1. The normalized spacial score (nSPS) is 29.1. The Bertz CT molecular complexity index is 393. The Morgan fingerprint density at radius 1 is 1.35 bits per heavy atom. The van der Waals surface area contributed by atoms with E-state index in [1.165, 1.54) is 4.90 Å². The van der Waals surface area contributed by atoms with E-state index in [4.69, 9.17) is 0 Å². The fourth-order valence-corrected chi connectivity index (χ4v) is 2.35. The highest BCUT2D eigenvalue weighted by molar-refractivity contribution is 5.66. The quantitative estimate of drug-likeness (QED) is 0.783. The molecule has 2 rings (SSSR count). The van der Waals surface area contributed by atoms with Crippen molar-refractivity contribution in [3.05, 3.63) is 35.9 Å². The summed E-state index contributed by atoms with van der Waals surface area (Å²) >= 11 is 0. The first-order chi connectivity index (χ1) is 8.09. The van der Waals surface area contributed by atoms with Crippen molar-refractivity contribution in [2.75, 3.05) is 6.54 Å². The fraction of sp³-hybridized carbons (Fsp3) is 0.462. The van der Waals surface area contributed by atoms with Crippen molar-refractivity contribution in [2.24, 2.45) is 5.92 Å². The van der Waals surface area contributed by atoms with Gasteiger partial charge < -0.3 is 15.1 Å². The van der Waals surface area contributed by atoms with Crippen molar-refractivity contribution in [1.29, 1.82) is 0 Å². The largest absolute Gasteiger partial charge is 0.465 e. The van der Waals surface area contributed by atoms with Gasteiger partial charge in [0, 0.05) is 6.54 Å². The Balaban J connectivity index is 2.26. The first-order valence-electron chi connectivity index (χ1n) is 5.82. The number of aliphatic hydroxyl groups excluding tert-OH is 1. The fourth-order valence-electron chi connectivity index (χ4n) is 2.35. The Hall–Kier alpha value is -1.55. The van der Waals surface area contributed by atoms with Crippen LogP contribution in [0, 0.1) is 5.92 Å². The molecule has 0 aliphatic carbocycles. The van der Waals surface area contributed by atoms with Crippen LogP contribution in [0.5, 0.6) is 0 Å². The van der Waals surface area contributed by atoms with Crippen LogP contribution in [0.4, 0.5) is 4.79 Å². The van der Waals surface area contributed by atoms with E-state index < -0.39 is 12.2 Å². The third-order valence-corrected chi connectivity index (χ3v) is 3.41. The number of hydrogen-bond donors (Lipinski definition) is 2. The predicted molar refractivity (Wildman–Crippen MR) is 63.7 cm³/mol. The minimum absolute atomic E-state index is 0.00828. The van der Waals surface area contributed by atoms with Gasteiger partial charge in [0.15, 0.2) is 0 Å². The van der Waals surface area contributed by atoms with Crippen molar-refractivity contribution in [3.8, 4) is 0 Å². The maximum Gasteiger partial charge on any atom is 0.407 e. The first-order valence-corrected chi connectivity index (χ1v) is 5.82. The summed E-state index contributed by atoms with van der Waals surface area (Å²) in [5, 5.41) is 19.1. The topological polar surface area (TPSA) is 60.8 Å². The second-order valence-electron chi connectivity index (χ2n) is 4.64. The van der Waals surface area contributed by atoms with Gasteiger partial charge in [-0.2, -0.15) is 0 Å². The molecule has 2 unspecified atom stereocenters. The minimum Gasteiger partial charge on any atom is -0.465 e. The van der Waals surface area contributed by atoms with Crippen LogP contribution in [0.3, 0.4) is 0 Å². The van der Waals surface area contributed by atoms with Gasteiger partial charge in [0.1, 0.15) is 0 Å². The van der Waals surface area contributed by atoms with E-state index in [1.807, 2.05) is 37.3 Å². The number of aliphatic hydroxyl groups is 1. The predicted octanol–water partition coefficient (Wildman–Crippen LogP) is 2.11. The number of hydrogen-bond acceptors (Lipinski definition) is 2. The molecule has 0 bridgehead atoms. The number of carboxylic acid groups (broad SMARTS) is 1. The summed E-state index contributed by atoms with van der Waals surface area (Å²) in [4.78, 5) is 12.7. The zero-order chi connectivity index (χ0) is 12.4. The molecule has 92 valence electrons. The number of nitrogens with zero attached hydrogens (tertiary/aromatic N) is 1. The van der Waals surface area contributed by atoms with E-state index in [9.17, 15) is 15.0 Å². The molecule has 1 heterocycles. The van der Waals surface area contributed by atoms with Crippen molar-refractivity contribution < 1.29 is 15.0 Å². The lowest BCUT2D eigenvalue weighted by Crippen LogP contribution is -2.46. The summed E-state index contributed by atoms with van der Waals surface area (Å²) in [6.45, 7) is 2.26. The molecule has 1 aromatic carbocycles. The highest BCUT2D eigenvalue weighted by atomic mass is 16.4. The Kier molecular flexibility index (Phi) is 3.33. The number of likely N-dealkylation sites (tertiary alicyclic amines) is 1. The highest BCUT2D eigenvalue weighted by Gasteiger charge is 2.35. The van der Waals surface area contributed by atoms with Gasteiger partial charge in [0.05, 0.1) is 12.1 Å². The zero-order valence-electron chi connectivity index (χ0n) is 9.78. The molecule has 0 spiro atoms. The lowest BCUT2D eigenvalue weighted by atomic mass is 9.88. The van der Waals surface area contributed by atoms with Crippen LogP contribution in [-0.4, -0.2) is 33.9 Å². The van der Waals surface area contributed by atoms with Crippen molar-refractivity contribution >= 4 is 6.09 Å². The van der Waals surface area contributed by atoms with Crippen molar-refractivity contribution in [2.45, 2.75) is 25.5 Å². The molecule has 4 nitrogen and oxygen atoms in total. The lowest BCUT2D eigenvalue weighted by Gasteiger charge is -2.39. The van der Waals surface area contributed by atoms with E-state index in [1.54, 1.807) is 0 Å². The van der Waals surface area contributed by atoms with Gasteiger partial charge in [-0.25, -0.2) is 4.79 Å². The molecule has 2 N–H and O–H groups in total. The van der Waals surface area contributed by atoms with E-state index in [0.717, 1.165) is 5.56 Å². The number of rotatable bonds is 1. The number of carbonyl (C=O) groups is 1. The Labute approximate surface area is 100 Å². The molecule has 1 saturated heterocycles. The molecule has 1 aromatic rings. The molecule has 17 heavy (non-hydrogen) atoms. The number of amides is 1. The first kappa shape index (κ1) is 11.9. The monoisotopic (exact) mass is 235 g/mol. The molecule has 0 aromatic heterocycles. The highest BCUT2D eigenvalue weighted by Crippen LogP contribution is 2.33. The molecule has 1 aliphatic rings. The summed E-state index contributed by atoms with van der Waals surface area (Å²) in [6, 6.07) is 9.25. The maximum absolute atomic E-state index is 11.2. The summed E-state index contributed by atoms with van der Waals surface area (Å²) in [6.07, 6.45) is -0.884. The SMILES string of the molecule is CC1CN(C(=O)O)[C@@H](c2ccccc2)CC1O.